The van der Waals surface area contributed by atoms with Gasteiger partial charge < -0.3 is 20.4 Å². The molecule has 2 aliphatic rings. The molecule has 174 valence electrons. The predicted molar refractivity (Wildman–Crippen MR) is 132 cm³/mol. The van der Waals surface area contributed by atoms with Crippen LogP contribution in [0.3, 0.4) is 0 Å². The molecule has 0 radical (unpaired) electrons. The van der Waals surface area contributed by atoms with Gasteiger partial charge in [0.2, 0.25) is 11.8 Å². The molecule has 9 heteroatoms. The van der Waals surface area contributed by atoms with Crippen molar-refractivity contribution in [2.24, 2.45) is 10.9 Å². The summed E-state index contributed by atoms with van der Waals surface area (Å²) in [5, 5.41) is 6.49. The maximum Gasteiger partial charge on any atom is 0.243 e. The molecule has 2 N–H and O–H groups in total. The Morgan fingerprint density at radius 2 is 1.70 bits per heavy atom. The molecule has 1 saturated heterocycles. The summed E-state index contributed by atoms with van der Waals surface area (Å²) in [6.07, 6.45) is 6.52. The van der Waals surface area contributed by atoms with Crippen molar-refractivity contribution in [2.75, 3.05) is 59.9 Å². The Balaban J connectivity index is 0.00000450. The molecule has 2 rings (SSSR count). The van der Waals surface area contributed by atoms with Crippen LogP contribution in [0.4, 0.5) is 0 Å². The van der Waals surface area contributed by atoms with Gasteiger partial charge in [-0.2, -0.15) is 0 Å². The van der Waals surface area contributed by atoms with Crippen LogP contribution in [0.25, 0.3) is 0 Å². The van der Waals surface area contributed by atoms with E-state index in [1.807, 2.05) is 13.8 Å². The number of rotatable bonds is 7. The number of halogens is 1. The first-order valence-electron chi connectivity index (χ1n) is 11.1. The third-order valence-corrected chi connectivity index (χ3v) is 5.63. The van der Waals surface area contributed by atoms with E-state index in [0.717, 1.165) is 38.7 Å². The van der Waals surface area contributed by atoms with Gasteiger partial charge in [-0.3, -0.25) is 14.5 Å². The Hall–Kier alpha value is -1.10. The number of piperazine rings is 1. The Labute approximate surface area is 199 Å². The smallest absolute Gasteiger partial charge is 0.243 e. The van der Waals surface area contributed by atoms with Gasteiger partial charge in [0, 0.05) is 52.9 Å². The maximum atomic E-state index is 12.0. The molecule has 0 aromatic heterocycles. The van der Waals surface area contributed by atoms with E-state index < -0.39 is 0 Å². The quantitative estimate of drug-likeness (QED) is 0.292. The van der Waals surface area contributed by atoms with Gasteiger partial charge in [-0.1, -0.05) is 19.3 Å². The first-order valence-corrected chi connectivity index (χ1v) is 11.1. The summed E-state index contributed by atoms with van der Waals surface area (Å²) in [6, 6.07) is 0.167. The van der Waals surface area contributed by atoms with Gasteiger partial charge in [0.05, 0.1) is 6.54 Å². The van der Waals surface area contributed by atoms with Gasteiger partial charge in [0.15, 0.2) is 5.96 Å². The number of carbonyl (C=O) groups excluding carboxylic acids is 2. The van der Waals surface area contributed by atoms with E-state index in [9.17, 15) is 9.59 Å². The van der Waals surface area contributed by atoms with Crippen LogP contribution >= 0.6 is 24.0 Å². The monoisotopic (exact) mass is 536 g/mol. The number of amides is 2. The van der Waals surface area contributed by atoms with Crippen molar-refractivity contribution in [3.05, 3.63) is 0 Å². The molecule has 30 heavy (non-hydrogen) atoms. The van der Waals surface area contributed by atoms with Crippen LogP contribution in [0.2, 0.25) is 0 Å². The maximum absolute atomic E-state index is 12.0. The molecule has 1 aliphatic carbocycles. The van der Waals surface area contributed by atoms with Crippen LogP contribution in [0.15, 0.2) is 4.99 Å². The van der Waals surface area contributed by atoms with Crippen molar-refractivity contribution in [3.63, 3.8) is 0 Å². The van der Waals surface area contributed by atoms with Gasteiger partial charge in [-0.05, 0) is 32.6 Å². The number of guanidine groups is 1. The minimum Gasteiger partial charge on any atom is -0.356 e. The third-order valence-electron chi connectivity index (χ3n) is 5.63. The topological polar surface area (TPSA) is 80.3 Å². The Kier molecular flexibility index (Phi) is 12.6. The fourth-order valence-corrected chi connectivity index (χ4v) is 3.87. The minimum absolute atomic E-state index is 0. The minimum atomic E-state index is 0. The molecule has 2 amide bonds. The molecule has 0 aromatic rings. The van der Waals surface area contributed by atoms with Gasteiger partial charge in [-0.25, -0.2) is 4.99 Å². The number of aliphatic imine (C=N–C) groups is 1. The van der Waals surface area contributed by atoms with Crippen LogP contribution in [0.1, 0.15) is 46.0 Å². The van der Waals surface area contributed by atoms with Crippen LogP contribution in [-0.4, -0.2) is 98.4 Å². The number of hydrogen-bond donors (Lipinski definition) is 2. The van der Waals surface area contributed by atoms with Crippen molar-refractivity contribution >= 4 is 41.8 Å². The average molecular weight is 537 g/mol. The van der Waals surface area contributed by atoms with Crippen molar-refractivity contribution < 1.29 is 9.59 Å². The molecule has 2 fully saturated rings. The molecule has 0 aromatic carbocycles. The van der Waals surface area contributed by atoms with E-state index in [2.05, 4.69) is 25.4 Å². The zero-order chi connectivity index (χ0) is 21.2. The largest absolute Gasteiger partial charge is 0.356 e. The summed E-state index contributed by atoms with van der Waals surface area (Å²) in [5.41, 5.74) is 0. The van der Waals surface area contributed by atoms with E-state index in [1.165, 1.54) is 32.1 Å². The van der Waals surface area contributed by atoms with E-state index in [4.69, 9.17) is 0 Å². The van der Waals surface area contributed by atoms with Crippen LogP contribution in [0, 0.1) is 5.92 Å². The van der Waals surface area contributed by atoms with E-state index in [-0.39, 0.29) is 48.4 Å². The highest BCUT2D eigenvalue weighted by Gasteiger charge is 2.23. The van der Waals surface area contributed by atoms with Crippen molar-refractivity contribution in [1.82, 2.24) is 25.3 Å². The number of hydrogen-bond acceptors (Lipinski definition) is 4. The molecular formula is C21H41IN6O2. The lowest BCUT2D eigenvalue weighted by atomic mass is 9.89. The van der Waals surface area contributed by atoms with Crippen LogP contribution in [0.5, 0.6) is 0 Å². The van der Waals surface area contributed by atoms with E-state index in [1.54, 1.807) is 19.0 Å². The standard InChI is InChI=1S/C21H40N6O2.HI/c1-17(2)24-19(28)16-26-10-12-27(13-11-26)21(23-15-20(29)25(3)4)22-14-18-8-6-5-7-9-18;/h17-18H,5-16H2,1-4H3,(H,22,23)(H,24,28);1H. The SMILES string of the molecule is CC(C)NC(=O)CN1CCN(C(=NCC(=O)N(C)C)NCC2CCCCC2)CC1.I. The van der Waals surface area contributed by atoms with Crippen LogP contribution in [-0.2, 0) is 9.59 Å². The summed E-state index contributed by atoms with van der Waals surface area (Å²) in [5.74, 6) is 1.61. The summed E-state index contributed by atoms with van der Waals surface area (Å²) < 4.78 is 0. The summed E-state index contributed by atoms with van der Waals surface area (Å²) in [6.45, 7) is 8.73. The highest BCUT2D eigenvalue weighted by atomic mass is 127. The van der Waals surface area contributed by atoms with E-state index >= 15 is 0 Å². The molecule has 1 saturated carbocycles. The molecule has 1 aliphatic heterocycles. The summed E-state index contributed by atoms with van der Waals surface area (Å²) in [7, 11) is 3.52. The molecule has 0 spiro atoms. The highest BCUT2D eigenvalue weighted by molar-refractivity contribution is 14.0. The second-order valence-corrected chi connectivity index (χ2v) is 8.80. The molecule has 0 unspecified atom stereocenters. The lowest BCUT2D eigenvalue weighted by molar-refractivity contribution is -0.127. The lowest BCUT2D eigenvalue weighted by Gasteiger charge is -2.37. The number of nitrogens with zero attached hydrogens (tertiary/aromatic N) is 4. The molecule has 8 nitrogen and oxygen atoms in total. The van der Waals surface area contributed by atoms with Gasteiger partial charge >= 0.3 is 0 Å². The first-order chi connectivity index (χ1) is 13.8. The zero-order valence-corrected chi connectivity index (χ0v) is 21.5. The molecular weight excluding hydrogens is 495 g/mol. The highest BCUT2D eigenvalue weighted by Crippen LogP contribution is 2.22. The number of nitrogens with one attached hydrogen (secondary N) is 2. The van der Waals surface area contributed by atoms with Crippen LogP contribution < -0.4 is 10.6 Å². The first kappa shape index (κ1) is 26.9. The molecule has 1 heterocycles. The van der Waals surface area contributed by atoms with Crippen molar-refractivity contribution in [3.8, 4) is 0 Å². The lowest BCUT2D eigenvalue weighted by Crippen LogP contribution is -2.54. The second kappa shape index (κ2) is 14.1. The molecule has 0 bridgehead atoms. The second-order valence-electron chi connectivity index (χ2n) is 8.80. The summed E-state index contributed by atoms with van der Waals surface area (Å²) >= 11 is 0. The Bertz CT molecular complexity index is 556. The van der Waals surface area contributed by atoms with Crippen molar-refractivity contribution in [2.45, 2.75) is 52.0 Å². The summed E-state index contributed by atoms with van der Waals surface area (Å²) in [4.78, 5) is 34.6. The van der Waals surface area contributed by atoms with E-state index in [0.29, 0.717) is 12.5 Å². The van der Waals surface area contributed by atoms with Crippen molar-refractivity contribution in [1.29, 1.82) is 0 Å². The fraction of sp³-hybridized carbons (Fsp3) is 0.857. The fourth-order valence-electron chi connectivity index (χ4n) is 3.87. The number of carbonyl (C=O) groups is 2. The Morgan fingerprint density at radius 3 is 2.27 bits per heavy atom. The normalized spacial score (nSPS) is 18.7. The Morgan fingerprint density at radius 1 is 1.07 bits per heavy atom. The predicted octanol–water partition coefficient (Wildman–Crippen LogP) is 1.36. The molecule has 0 atom stereocenters. The van der Waals surface area contributed by atoms with Gasteiger partial charge in [0.25, 0.3) is 0 Å². The zero-order valence-electron chi connectivity index (χ0n) is 19.2. The van der Waals surface area contributed by atoms with Gasteiger partial charge in [0.1, 0.15) is 6.54 Å². The third kappa shape index (κ3) is 9.80. The average Bonchev–Trinajstić information content (AvgIpc) is 2.68. The van der Waals surface area contributed by atoms with Gasteiger partial charge in [-0.15, -0.1) is 24.0 Å². The number of likely N-dealkylation sites (N-methyl/N-ethyl adjacent to an activating group) is 1.